The third-order valence-corrected chi connectivity index (χ3v) is 1.26. The minimum absolute atomic E-state index is 0.323. The molecule has 1 aromatic rings. The Kier molecular flexibility index (Phi) is 2.47. The van der Waals surface area contributed by atoms with Crippen LogP contribution < -0.4 is 0 Å². The molecule has 64 valence electrons. The average molecular weight is 176 g/mol. The van der Waals surface area contributed by atoms with Crippen LogP contribution in [-0.4, -0.2) is 0 Å². The Bertz CT molecular complexity index is 295. The first-order chi connectivity index (χ1) is 5.61. The van der Waals surface area contributed by atoms with Crippen molar-refractivity contribution in [3.05, 3.63) is 41.7 Å². The third kappa shape index (κ3) is 1.84. The number of rotatable bonds is 1. The van der Waals surface area contributed by atoms with E-state index in [4.69, 9.17) is 0 Å². The zero-order valence-electron chi connectivity index (χ0n) is 5.82. The van der Waals surface area contributed by atoms with Crippen LogP contribution in [0.2, 0.25) is 0 Å². The molecular weight excluding hydrogens is 172 g/mol. The van der Waals surface area contributed by atoms with Crippen LogP contribution in [0.5, 0.6) is 0 Å². The van der Waals surface area contributed by atoms with Crippen molar-refractivity contribution in [3.8, 4) is 0 Å². The predicted molar refractivity (Wildman–Crippen MR) is 36.6 cm³/mol. The van der Waals surface area contributed by atoms with Gasteiger partial charge in [0.05, 0.1) is 0 Å². The molecule has 1 rings (SSSR count). The van der Waals surface area contributed by atoms with Gasteiger partial charge in [-0.25, -0.2) is 8.78 Å². The lowest BCUT2D eigenvalue weighted by molar-refractivity contribution is 0.410. The summed E-state index contributed by atoms with van der Waals surface area (Å²) in [5.41, 5.74) is -0.323. The molecule has 0 amide bonds. The van der Waals surface area contributed by atoms with Gasteiger partial charge in [0.2, 0.25) is 0 Å². The van der Waals surface area contributed by atoms with E-state index in [-0.39, 0.29) is 5.56 Å². The van der Waals surface area contributed by atoms with Crippen molar-refractivity contribution in [1.82, 2.24) is 0 Å². The Labute approximate surface area is 66.1 Å². The maximum absolute atomic E-state index is 12.4. The highest BCUT2D eigenvalue weighted by Gasteiger charge is 2.07. The van der Waals surface area contributed by atoms with Gasteiger partial charge in [0, 0.05) is 5.56 Å². The highest BCUT2D eigenvalue weighted by atomic mass is 19.3. The van der Waals surface area contributed by atoms with Crippen molar-refractivity contribution in [1.29, 1.82) is 0 Å². The Morgan fingerprint density at radius 3 is 1.83 bits per heavy atom. The molecule has 0 saturated carbocycles. The Hall–Kier alpha value is -1.32. The second-order valence-electron chi connectivity index (χ2n) is 2.08. The van der Waals surface area contributed by atoms with Gasteiger partial charge in [0.15, 0.2) is 5.83 Å². The van der Waals surface area contributed by atoms with E-state index in [0.29, 0.717) is 0 Å². The van der Waals surface area contributed by atoms with Gasteiger partial charge in [-0.3, -0.25) is 0 Å². The Morgan fingerprint density at radius 1 is 0.917 bits per heavy atom. The molecule has 0 aromatic heterocycles. The normalized spacial score (nSPS) is 9.67. The second kappa shape index (κ2) is 3.38. The highest BCUT2D eigenvalue weighted by molar-refractivity contribution is 5.59. The summed E-state index contributed by atoms with van der Waals surface area (Å²) in [6.07, 6.45) is -2.40. The van der Waals surface area contributed by atoms with Gasteiger partial charge in [-0.2, -0.15) is 8.78 Å². The molecule has 0 aliphatic heterocycles. The van der Waals surface area contributed by atoms with Crippen LogP contribution >= 0.6 is 0 Å². The lowest BCUT2D eigenvalue weighted by Gasteiger charge is -1.94. The van der Waals surface area contributed by atoms with Crippen molar-refractivity contribution >= 4 is 5.83 Å². The van der Waals surface area contributed by atoms with E-state index in [9.17, 15) is 17.6 Å². The fraction of sp³-hybridized carbons (Fsp3) is 0. The predicted octanol–water partition coefficient (Wildman–Crippen LogP) is 3.36. The summed E-state index contributed by atoms with van der Waals surface area (Å²) in [5, 5.41) is 0. The quantitative estimate of drug-likeness (QED) is 0.575. The van der Waals surface area contributed by atoms with Crippen molar-refractivity contribution in [2.45, 2.75) is 0 Å². The van der Waals surface area contributed by atoms with Crippen LogP contribution in [0, 0.1) is 5.82 Å². The molecule has 0 heterocycles. The van der Waals surface area contributed by atoms with Gasteiger partial charge in [-0.05, 0) is 24.3 Å². The molecule has 4 heteroatoms. The molecule has 0 aliphatic rings. The van der Waals surface area contributed by atoms with Gasteiger partial charge in [0.1, 0.15) is 5.82 Å². The maximum atomic E-state index is 12.4. The first kappa shape index (κ1) is 8.77. The van der Waals surface area contributed by atoms with Crippen LogP contribution in [0.3, 0.4) is 0 Å². The zero-order chi connectivity index (χ0) is 9.14. The smallest absolute Gasteiger partial charge is 0.207 e. The van der Waals surface area contributed by atoms with E-state index in [2.05, 4.69) is 0 Å². The topological polar surface area (TPSA) is 0 Å². The monoisotopic (exact) mass is 176 g/mol. The van der Waals surface area contributed by atoms with Crippen molar-refractivity contribution in [2.75, 3.05) is 0 Å². The summed E-state index contributed by atoms with van der Waals surface area (Å²) >= 11 is 0. The molecule has 0 nitrogen and oxygen atoms in total. The summed E-state index contributed by atoms with van der Waals surface area (Å²) in [6, 6.07) is 3.73. The molecule has 0 radical (unpaired) electrons. The van der Waals surface area contributed by atoms with Crippen LogP contribution in [0.25, 0.3) is 5.83 Å². The fourth-order valence-electron chi connectivity index (χ4n) is 0.705. The van der Waals surface area contributed by atoms with Crippen LogP contribution in [-0.2, 0) is 0 Å². The molecular formula is C8H4F4. The molecule has 0 aliphatic carbocycles. The van der Waals surface area contributed by atoms with Crippen LogP contribution in [0.15, 0.2) is 30.3 Å². The van der Waals surface area contributed by atoms with Crippen molar-refractivity contribution in [2.24, 2.45) is 0 Å². The molecule has 1 aromatic carbocycles. The molecule has 0 atom stereocenters. The maximum Gasteiger partial charge on any atom is 0.306 e. The standard InChI is InChI=1S/C8H4F4/c9-6-3-1-5(2-4-6)7(10)8(11)12/h1-4H. The Balaban J connectivity index is 3.06. The lowest BCUT2D eigenvalue weighted by atomic mass is 10.2. The average Bonchev–Trinajstić information content (AvgIpc) is 2.04. The molecule has 0 unspecified atom stereocenters. The van der Waals surface area contributed by atoms with Gasteiger partial charge < -0.3 is 0 Å². The minimum atomic E-state index is -2.40. The van der Waals surface area contributed by atoms with Gasteiger partial charge in [0.25, 0.3) is 0 Å². The molecule has 0 fully saturated rings. The second-order valence-corrected chi connectivity index (χ2v) is 2.08. The summed E-state index contributed by atoms with van der Waals surface area (Å²) in [5.74, 6) is -2.21. The largest absolute Gasteiger partial charge is 0.306 e. The van der Waals surface area contributed by atoms with E-state index in [1.807, 2.05) is 0 Å². The van der Waals surface area contributed by atoms with E-state index >= 15 is 0 Å². The SMILES string of the molecule is FC(F)=C(F)c1ccc(F)cc1. The molecule has 0 spiro atoms. The zero-order valence-corrected chi connectivity index (χ0v) is 5.82. The summed E-state index contributed by atoms with van der Waals surface area (Å²) in [6.45, 7) is 0. The number of halogens is 4. The number of benzene rings is 1. The van der Waals surface area contributed by atoms with E-state index in [1.54, 1.807) is 0 Å². The first-order valence-electron chi connectivity index (χ1n) is 3.08. The summed E-state index contributed by atoms with van der Waals surface area (Å²) < 4.78 is 47.9. The van der Waals surface area contributed by atoms with Crippen LogP contribution in [0.1, 0.15) is 5.56 Å². The highest BCUT2D eigenvalue weighted by Crippen LogP contribution is 2.21. The van der Waals surface area contributed by atoms with E-state index < -0.39 is 17.7 Å². The number of hydrogen-bond acceptors (Lipinski definition) is 0. The van der Waals surface area contributed by atoms with E-state index in [0.717, 1.165) is 24.3 Å². The Morgan fingerprint density at radius 2 is 1.42 bits per heavy atom. The summed E-state index contributed by atoms with van der Waals surface area (Å²) in [4.78, 5) is 0. The van der Waals surface area contributed by atoms with Gasteiger partial charge in [-0.1, -0.05) is 0 Å². The molecule has 12 heavy (non-hydrogen) atoms. The van der Waals surface area contributed by atoms with Crippen molar-refractivity contribution in [3.63, 3.8) is 0 Å². The van der Waals surface area contributed by atoms with E-state index in [1.165, 1.54) is 0 Å². The van der Waals surface area contributed by atoms with Gasteiger partial charge in [-0.15, -0.1) is 0 Å². The number of hydrogen-bond donors (Lipinski definition) is 0. The molecule has 0 bridgehead atoms. The fourth-order valence-corrected chi connectivity index (χ4v) is 0.705. The minimum Gasteiger partial charge on any atom is -0.207 e. The van der Waals surface area contributed by atoms with Crippen LogP contribution in [0.4, 0.5) is 17.6 Å². The molecule has 0 saturated heterocycles. The lowest BCUT2D eigenvalue weighted by Crippen LogP contribution is -1.80. The van der Waals surface area contributed by atoms with Crippen molar-refractivity contribution < 1.29 is 17.6 Å². The first-order valence-corrected chi connectivity index (χ1v) is 3.08. The summed E-state index contributed by atoms with van der Waals surface area (Å²) in [7, 11) is 0. The molecule has 0 N–H and O–H groups in total. The van der Waals surface area contributed by atoms with Gasteiger partial charge >= 0.3 is 6.08 Å². The third-order valence-electron chi connectivity index (χ3n) is 1.26.